The number of furan rings is 1. The van der Waals surface area contributed by atoms with E-state index in [-0.39, 0.29) is 5.82 Å². The molecule has 21 heavy (non-hydrogen) atoms. The van der Waals surface area contributed by atoms with Crippen LogP contribution in [-0.2, 0) is 0 Å². The summed E-state index contributed by atoms with van der Waals surface area (Å²) in [5.74, 6) is -0.295. The number of fused-ring (bicyclic) bond motifs is 3. The van der Waals surface area contributed by atoms with Gasteiger partial charge in [-0.2, -0.15) is 0 Å². The first-order valence-electron chi connectivity index (χ1n) is 6.77. The van der Waals surface area contributed by atoms with Crippen LogP contribution in [0.25, 0.3) is 33.2 Å². The molecule has 0 bridgehead atoms. The van der Waals surface area contributed by atoms with Gasteiger partial charge in [-0.05, 0) is 37.3 Å². The molecule has 0 spiro atoms. The molecule has 0 aliphatic carbocycles. The monoisotopic (exact) mass is 277 g/mol. The molecule has 102 valence electrons. The second-order valence-corrected chi connectivity index (χ2v) is 5.09. The van der Waals surface area contributed by atoms with E-state index in [1.165, 1.54) is 12.1 Å². The summed E-state index contributed by atoms with van der Waals surface area (Å²) in [6.45, 7) is 1.96. The molecule has 0 aliphatic heterocycles. The number of hydrogen-bond donors (Lipinski definition) is 0. The maximum Gasteiger partial charge on any atom is 0.144 e. The van der Waals surface area contributed by atoms with Crippen molar-refractivity contribution in [2.24, 2.45) is 0 Å². The predicted molar refractivity (Wildman–Crippen MR) is 81.6 cm³/mol. The van der Waals surface area contributed by atoms with Crippen LogP contribution in [0.4, 0.5) is 4.39 Å². The number of pyridine rings is 1. The lowest BCUT2D eigenvalue weighted by atomic mass is 10.1. The summed E-state index contributed by atoms with van der Waals surface area (Å²) >= 11 is 0. The maximum atomic E-state index is 13.4. The first-order chi connectivity index (χ1) is 10.2. The van der Waals surface area contributed by atoms with Crippen LogP contribution in [0.3, 0.4) is 0 Å². The van der Waals surface area contributed by atoms with Crippen molar-refractivity contribution in [2.45, 2.75) is 6.92 Å². The molecule has 0 unspecified atom stereocenters. The van der Waals surface area contributed by atoms with Gasteiger partial charge in [0.1, 0.15) is 17.0 Å². The molecule has 0 atom stereocenters. The van der Waals surface area contributed by atoms with Crippen molar-refractivity contribution >= 4 is 21.9 Å². The van der Waals surface area contributed by atoms with Gasteiger partial charge in [0, 0.05) is 28.1 Å². The molecular formula is C18H12FNO. The first-order valence-corrected chi connectivity index (χ1v) is 6.77. The molecule has 2 aromatic heterocycles. The van der Waals surface area contributed by atoms with Crippen LogP contribution in [0.15, 0.2) is 59.0 Å². The Morgan fingerprint density at radius 1 is 0.952 bits per heavy atom. The number of benzene rings is 2. The summed E-state index contributed by atoms with van der Waals surface area (Å²) in [6.07, 6.45) is 0. The van der Waals surface area contributed by atoms with E-state index < -0.39 is 0 Å². The van der Waals surface area contributed by atoms with E-state index >= 15 is 0 Å². The van der Waals surface area contributed by atoms with E-state index in [2.05, 4.69) is 4.98 Å². The van der Waals surface area contributed by atoms with Crippen LogP contribution in [-0.4, -0.2) is 4.98 Å². The van der Waals surface area contributed by atoms with Gasteiger partial charge in [-0.25, -0.2) is 4.39 Å². The normalized spacial score (nSPS) is 11.3. The van der Waals surface area contributed by atoms with Gasteiger partial charge in [-0.15, -0.1) is 0 Å². The van der Waals surface area contributed by atoms with Gasteiger partial charge in [0.2, 0.25) is 0 Å². The first kappa shape index (κ1) is 12.1. The Morgan fingerprint density at radius 2 is 1.81 bits per heavy atom. The summed E-state index contributed by atoms with van der Waals surface area (Å²) < 4.78 is 19.2. The van der Waals surface area contributed by atoms with Crippen molar-refractivity contribution in [3.63, 3.8) is 0 Å². The molecule has 0 aliphatic rings. The van der Waals surface area contributed by atoms with Crippen molar-refractivity contribution < 1.29 is 8.81 Å². The molecule has 3 heteroatoms. The van der Waals surface area contributed by atoms with E-state index in [0.29, 0.717) is 5.58 Å². The van der Waals surface area contributed by atoms with Gasteiger partial charge >= 0.3 is 0 Å². The zero-order chi connectivity index (χ0) is 14.4. The molecule has 0 amide bonds. The molecule has 0 saturated heterocycles. The highest BCUT2D eigenvalue weighted by molar-refractivity contribution is 6.09. The third kappa shape index (κ3) is 1.89. The Bertz CT molecular complexity index is 971. The molecule has 2 aromatic carbocycles. The number of rotatable bonds is 1. The standard InChI is InChI=1S/C18H12FNO/c1-11-4-2-7-16(20-11)15-6-3-5-14-13-9-8-12(19)10-17(13)21-18(14)15/h2-10H,1H3. The number of para-hydroxylation sites is 1. The molecule has 0 radical (unpaired) electrons. The van der Waals surface area contributed by atoms with Gasteiger partial charge in [0.15, 0.2) is 0 Å². The summed E-state index contributed by atoms with van der Waals surface area (Å²) in [7, 11) is 0. The molecule has 2 nitrogen and oxygen atoms in total. The highest BCUT2D eigenvalue weighted by Gasteiger charge is 2.13. The summed E-state index contributed by atoms with van der Waals surface area (Å²) in [4.78, 5) is 4.55. The van der Waals surface area contributed by atoms with Crippen LogP contribution < -0.4 is 0 Å². The molecule has 4 aromatic rings. The van der Waals surface area contributed by atoms with Crippen molar-refractivity contribution in [3.05, 3.63) is 66.1 Å². The van der Waals surface area contributed by atoms with Crippen LogP contribution in [0, 0.1) is 12.7 Å². The fraction of sp³-hybridized carbons (Fsp3) is 0.0556. The third-order valence-corrected chi connectivity index (χ3v) is 3.63. The van der Waals surface area contributed by atoms with Crippen molar-refractivity contribution in [3.8, 4) is 11.3 Å². The van der Waals surface area contributed by atoms with E-state index in [4.69, 9.17) is 4.42 Å². The second kappa shape index (κ2) is 4.42. The Labute approximate surface area is 120 Å². The predicted octanol–water partition coefficient (Wildman–Crippen LogP) is 5.10. The summed E-state index contributed by atoms with van der Waals surface area (Å²) in [5, 5.41) is 1.90. The quantitative estimate of drug-likeness (QED) is 0.484. The number of halogens is 1. The molecule has 4 rings (SSSR count). The number of hydrogen-bond acceptors (Lipinski definition) is 2. The largest absolute Gasteiger partial charge is 0.455 e. The molecule has 0 fully saturated rings. The Kier molecular flexibility index (Phi) is 2.54. The smallest absolute Gasteiger partial charge is 0.144 e. The third-order valence-electron chi connectivity index (χ3n) is 3.63. The van der Waals surface area contributed by atoms with Crippen LogP contribution >= 0.6 is 0 Å². The minimum absolute atomic E-state index is 0.295. The zero-order valence-corrected chi connectivity index (χ0v) is 11.4. The average Bonchev–Trinajstić information content (AvgIpc) is 2.84. The summed E-state index contributed by atoms with van der Waals surface area (Å²) in [6, 6.07) is 16.4. The van der Waals surface area contributed by atoms with Crippen LogP contribution in [0.1, 0.15) is 5.69 Å². The number of aryl methyl sites for hydroxylation is 1. The van der Waals surface area contributed by atoms with Gasteiger partial charge < -0.3 is 4.42 Å². The minimum Gasteiger partial charge on any atom is -0.455 e. The maximum absolute atomic E-state index is 13.4. The summed E-state index contributed by atoms with van der Waals surface area (Å²) in [5.41, 5.74) is 4.04. The average molecular weight is 277 g/mol. The van der Waals surface area contributed by atoms with Crippen molar-refractivity contribution in [1.82, 2.24) is 4.98 Å². The van der Waals surface area contributed by atoms with Crippen LogP contribution in [0.5, 0.6) is 0 Å². The Morgan fingerprint density at radius 3 is 2.67 bits per heavy atom. The lowest BCUT2D eigenvalue weighted by Crippen LogP contribution is -1.86. The van der Waals surface area contributed by atoms with E-state index in [0.717, 1.165) is 33.3 Å². The van der Waals surface area contributed by atoms with E-state index in [9.17, 15) is 4.39 Å². The van der Waals surface area contributed by atoms with E-state index in [1.54, 1.807) is 6.07 Å². The molecule has 0 saturated carbocycles. The molecule has 0 N–H and O–H groups in total. The van der Waals surface area contributed by atoms with Crippen molar-refractivity contribution in [1.29, 1.82) is 0 Å². The van der Waals surface area contributed by atoms with Gasteiger partial charge in [0.05, 0.1) is 5.69 Å². The fourth-order valence-electron chi connectivity index (χ4n) is 2.67. The van der Waals surface area contributed by atoms with E-state index in [1.807, 2.05) is 43.3 Å². The highest BCUT2D eigenvalue weighted by Crippen LogP contribution is 2.35. The Hall–Kier alpha value is -2.68. The van der Waals surface area contributed by atoms with Crippen molar-refractivity contribution in [2.75, 3.05) is 0 Å². The van der Waals surface area contributed by atoms with Gasteiger partial charge in [-0.1, -0.05) is 18.2 Å². The molecule has 2 heterocycles. The SMILES string of the molecule is Cc1cccc(-c2cccc3c2oc2cc(F)ccc23)n1. The highest BCUT2D eigenvalue weighted by atomic mass is 19.1. The fourth-order valence-corrected chi connectivity index (χ4v) is 2.67. The van der Waals surface area contributed by atoms with Crippen LogP contribution in [0.2, 0.25) is 0 Å². The molecular weight excluding hydrogens is 265 g/mol. The zero-order valence-electron chi connectivity index (χ0n) is 11.4. The van der Waals surface area contributed by atoms with Gasteiger partial charge in [-0.3, -0.25) is 4.98 Å². The topological polar surface area (TPSA) is 26.0 Å². The lowest BCUT2D eigenvalue weighted by molar-refractivity contribution is 0.618. The number of nitrogens with zero attached hydrogens (tertiary/aromatic N) is 1. The van der Waals surface area contributed by atoms with Gasteiger partial charge in [0.25, 0.3) is 0 Å². The Balaban J connectivity index is 2.08. The second-order valence-electron chi connectivity index (χ2n) is 5.09. The minimum atomic E-state index is -0.295. The lowest BCUT2D eigenvalue weighted by Gasteiger charge is -2.02. The number of aromatic nitrogens is 1.